The predicted molar refractivity (Wildman–Crippen MR) is 66.1 cm³/mol. The lowest BCUT2D eigenvalue weighted by Gasteiger charge is -2.23. The van der Waals surface area contributed by atoms with Crippen molar-refractivity contribution >= 4 is 0 Å². The average Bonchev–Trinajstić information content (AvgIpc) is 2.66. The van der Waals surface area contributed by atoms with Crippen LogP contribution in [0.4, 0.5) is 0 Å². The van der Waals surface area contributed by atoms with Gasteiger partial charge in [-0.05, 0) is 44.5 Å². The van der Waals surface area contributed by atoms with Crippen LogP contribution in [0.15, 0.2) is 24.5 Å². The summed E-state index contributed by atoms with van der Waals surface area (Å²) in [6, 6.07) is 4.80. The van der Waals surface area contributed by atoms with Gasteiger partial charge in [-0.15, -0.1) is 0 Å². The first-order chi connectivity index (χ1) is 7.75. The van der Waals surface area contributed by atoms with Gasteiger partial charge in [0.1, 0.15) is 0 Å². The van der Waals surface area contributed by atoms with Crippen LogP contribution in [0.1, 0.15) is 18.9 Å². The molecule has 0 amide bonds. The lowest BCUT2D eigenvalue weighted by atomic mass is 10.0. The standard InChI is InChI=1S/C13H21N3/c1-11-13(5-7-15-11)10-16(2)9-12-4-3-6-14-8-12/h3-4,6,8,11,13,15H,5,7,9-10H2,1-2H3. The van der Waals surface area contributed by atoms with Gasteiger partial charge in [-0.25, -0.2) is 0 Å². The van der Waals surface area contributed by atoms with Gasteiger partial charge in [-0.3, -0.25) is 4.98 Å². The quantitative estimate of drug-likeness (QED) is 0.832. The topological polar surface area (TPSA) is 28.2 Å². The molecular weight excluding hydrogens is 198 g/mol. The molecule has 0 radical (unpaired) electrons. The van der Waals surface area contributed by atoms with Gasteiger partial charge in [0.15, 0.2) is 0 Å². The molecular formula is C13H21N3. The molecule has 0 aromatic carbocycles. The molecule has 0 saturated carbocycles. The van der Waals surface area contributed by atoms with Crippen molar-refractivity contribution in [2.75, 3.05) is 20.1 Å². The monoisotopic (exact) mass is 219 g/mol. The summed E-state index contributed by atoms with van der Waals surface area (Å²) < 4.78 is 0. The number of aromatic nitrogens is 1. The van der Waals surface area contributed by atoms with E-state index in [1.165, 1.54) is 25.1 Å². The van der Waals surface area contributed by atoms with E-state index in [9.17, 15) is 0 Å². The largest absolute Gasteiger partial charge is 0.314 e. The summed E-state index contributed by atoms with van der Waals surface area (Å²) in [7, 11) is 2.19. The van der Waals surface area contributed by atoms with Crippen LogP contribution < -0.4 is 5.32 Å². The van der Waals surface area contributed by atoms with E-state index in [4.69, 9.17) is 0 Å². The maximum Gasteiger partial charge on any atom is 0.0312 e. The van der Waals surface area contributed by atoms with E-state index < -0.39 is 0 Å². The summed E-state index contributed by atoms with van der Waals surface area (Å²) in [4.78, 5) is 6.54. The third-order valence-corrected chi connectivity index (χ3v) is 3.41. The maximum absolute atomic E-state index is 4.15. The first-order valence-corrected chi connectivity index (χ1v) is 6.06. The fourth-order valence-electron chi connectivity index (χ4n) is 2.43. The fourth-order valence-corrected chi connectivity index (χ4v) is 2.43. The molecule has 1 N–H and O–H groups in total. The van der Waals surface area contributed by atoms with Gasteiger partial charge < -0.3 is 10.2 Å². The second kappa shape index (κ2) is 5.41. The zero-order valence-electron chi connectivity index (χ0n) is 10.2. The molecule has 1 aliphatic rings. The Kier molecular flexibility index (Phi) is 3.91. The fraction of sp³-hybridized carbons (Fsp3) is 0.615. The average molecular weight is 219 g/mol. The Morgan fingerprint density at radius 2 is 2.44 bits per heavy atom. The van der Waals surface area contributed by atoms with E-state index in [0.29, 0.717) is 6.04 Å². The first-order valence-electron chi connectivity index (χ1n) is 6.06. The van der Waals surface area contributed by atoms with Gasteiger partial charge in [0.05, 0.1) is 0 Å². The molecule has 2 unspecified atom stereocenters. The van der Waals surface area contributed by atoms with Crippen molar-refractivity contribution in [3.05, 3.63) is 30.1 Å². The maximum atomic E-state index is 4.15. The third-order valence-electron chi connectivity index (χ3n) is 3.41. The van der Waals surface area contributed by atoms with Crippen LogP contribution in [-0.4, -0.2) is 36.1 Å². The normalized spacial score (nSPS) is 25.2. The molecule has 0 spiro atoms. The number of rotatable bonds is 4. The molecule has 1 aromatic rings. The van der Waals surface area contributed by atoms with Crippen LogP contribution in [-0.2, 0) is 6.54 Å². The Balaban J connectivity index is 1.82. The van der Waals surface area contributed by atoms with Crippen molar-refractivity contribution in [1.29, 1.82) is 0 Å². The summed E-state index contributed by atoms with van der Waals surface area (Å²) >= 11 is 0. The Morgan fingerprint density at radius 3 is 3.06 bits per heavy atom. The highest BCUT2D eigenvalue weighted by Gasteiger charge is 2.23. The Bertz CT molecular complexity index is 312. The summed E-state index contributed by atoms with van der Waals surface area (Å²) in [6.45, 7) is 5.63. The molecule has 3 nitrogen and oxygen atoms in total. The van der Waals surface area contributed by atoms with Crippen LogP contribution in [0, 0.1) is 5.92 Å². The Labute approximate surface area is 97.9 Å². The summed E-state index contributed by atoms with van der Waals surface area (Å²) in [6.07, 6.45) is 5.08. The van der Waals surface area contributed by atoms with Crippen LogP contribution in [0.2, 0.25) is 0 Å². The summed E-state index contributed by atoms with van der Waals surface area (Å²) in [5, 5.41) is 3.50. The molecule has 1 aliphatic heterocycles. The lowest BCUT2D eigenvalue weighted by Crippen LogP contribution is -2.32. The highest BCUT2D eigenvalue weighted by Crippen LogP contribution is 2.16. The lowest BCUT2D eigenvalue weighted by molar-refractivity contribution is 0.259. The molecule has 0 bridgehead atoms. The van der Waals surface area contributed by atoms with E-state index in [-0.39, 0.29) is 0 Å². The van der Waals surface area contributed by atoms with Crippen molar-refractivity contribution in [2.24, 2.45) is 5.92 Å². The van der Waals surface area contributed by atoms with Crippen molar-refractivity contribution in [1.82, 2.24) is 15.2 Å². The van der Waals surface area contributed by atoms with Gasteiger partial charge in [0.25, 0.3) is 0 Å². The minimum atomic E-state index is 0.663. The van der Waals surface area contributed by atoms with Crippen molar-refractivity contribution < 1.29 is 0 Å². The molecule has 3 heteroatoms. The Morgan fingerprint density at radius 1 is 1.56 bits per heavy atom. The van der Waals surface area contributed by atoms with E-state index in [1.54, 1.807) is 0 Å². The minimum absolute atomic E-state index is 0.663. The van der Waals surface area contributed by atoms with Gasteiger partial charge in [0, 0.05) is 31.5 Å². The van der Waals surface area contributed by atoms with E-state index in [0.717, 1.165) is 12.5 Å². The zero-order chi connectivity index (χ0) is 11.4. The molecule has 2 rings (SSSR count). The molecule has 2 atom stereocenters. The summed E-state index contributed by atoms with van der Waals surface area (Å²) in [5.41, 5.74) is 1.30. The molecule has 16 heavy (non-hydrogen) atoms. The van der Waals surface area contributed by atoms with E-state index in [2.05, 4.69) is 35.2 Å². The predicted octanol–water partition coefficient (Wildman–Crippen LogP) is 1.51. The van der Waals surface area contributed by atoms with Gasteiger partial charge in [-0.1, -0.05) is 6.07 Å². The molecule has 2 heterocycles. The van der Waals surface area contributed by atoms with E-state index in [1.807, 2.05) is 18.5 Å². The van der Waals surface area contributed by atoms with Gasteiger partial charge in [-0.2, -0.15) is 0 Å². The number of pyridine rings is 1. The van der Waals surface area contributed by atoms with Crippen LogP contribution >= 0.6 is 0 Å². The second-order valence-corrected chi connectivity index (χ2v) is 4.85. The second-order valence-electron chi connectivity index (χ2n) is 4.85. The highest BCUT2D eigenvalue weighted by atomic mass is 15.1. The third kappa shape index (κ3) is 3.03. The van der Waals surface area contributed by atoms with Crippen molar-refractivity contribution in [2.45, 2.75) is 25.9 Å². The minimum Gasteiger partial charge on any atom is -0.314 e. The van der Waals surface area contributed by atoms with Crippen molar-refractivity contribution in [3.8, 4) is 0 Å². The van der Waals surface area contributed by atoms with Gasteiger partial charge >= 0.3 is 0 Å². The molecule has 1 fully saturated rings. The van der Waals surface area contributed by atoms with Crippen LogP contribution in [0.25, 0.3) is 0 Å². The number of hydrogen-bond donors (Lipinski definition) is 1. The van der Waals surface area contributed by atoms with E-state index >= 15 is 0 Å². The highest BCUT2D eigenvalue weighted by molar-refractivity contribution is 5.08. The van der Waals surface area contributed by atoms with Crippen LogP contribution in [0.3, 0.4) is 0 Å². The Hall–Kier alpha value is -0.930. The van der Waals surface area contributed by atoms with Crippen molar-refractivity contribution in [3.63, 3.8) is 0 Å². The zero-order valence-corrected chi connectivity index (χ0v) is 10.2. The smallest absolute Gasteiger partial charge is 0.0312 e. The number of nitrogens with zero attached hydrogens (tertiary/aromatic N) is 2. The molecule has 0 aliphatic carbocycles. The number of hydrogen-bond acceptors (Lipinski definition) is 3. The first kappa shape index (κ1) is 11.6. The molecule has 1 aromatic heterocycles. The number of nitrogens with one attached hydrogen (secondary N) is 1. The molecule has 1 saturated heterocycles. The molecule has 88 valence electrons. The summed E-state index contributed by atoms with van der Waals surface area (Å²) in [5.74, 6) is 0.793. The van der Waals surface area contributed by atoms with Gasteiger partial charge in [0.2, 0.25) is 0 Å². The van der Waals surface area contributed by atoms with Crippen LogP contribution in [0.5, 0.6) is 0 Å². The SMILES string of the molecule is CC1NCCC1CN(C)Cc1cccnc1.